The van der Waals surface area contributed by atoms with Gasteiger partial charge in [0.2, 0.25) is 11.8 Å². The zero-order valence-corrected chi connectivity index (χ0v) is 11.2. The van der Waals surface area contributed by atoms with Crippen LogP contribution < -0.4 is 5.32 Å². The van der Waals surface area contributed by atoms with E-state index in [9.17, 15) is 0 Å². The van der Waals surface area contributed by atoms with Crippen molar-refractivity contribution < 1.29 is 4.42 Å². The van der Waals surface area contributed by atoms with Crippen LogP contribution in [0.4, 0.5) is 0 Å². The molecule has 0 aliphatic heterocycles. The van der Waals surface area contributed by atoms with Crippen LogP contribution in [0.1, 0.15) is 25.1 Å². The lowest BCUT2D eigenvalue weighted by molar-refractivity contribution is 0.445. The van der Waals surface area contributed by atoms with Gasteiger partial charge in [0, 0.05) is 4.90 Å². The highest BCUT2D eigenvalue weighted by Gasteiger charge is 2.05. The average Bonchev–Trinajstić information content (AvgIpc) is 2.86. The summed E-state index contributed by atoms with van der Waals surface area (Å²) in [5.41, 5.74) is 0. The maximum atomic E-state index is 5.55. The molecule has 0 radical (unpaired) electrons. The van der Waals surface area contributed by atoms with Gasteiger partial charge in [0.1, 0.15) is 0 Å². The normalized spacial score (nSPS) is 10.7. The first-order chi connectivity index (χ1) is 8.88. The molecule has 0 amide bonds. The minimum absolute atomic E-state index is 0.650. The quantitative estimate of drug-likeness (QED) is 0.615. The molecule has 0 fully saturated rings. The van der Waals surface area contributed by atoms with Crippen LogP contribution in [0.2, 0.25) is 0 Å². The first-order valence-corrected chi connectivity index (χ1v) is 7.07. The van der Waals surface area contributed by atoms with Crippen LogP contribution in [0.15, 0.2) is 39.6 Å². The molecule has 0 spiro atoms. The topological polar surface area (TPSA) is 51.0 Å². The van der Waals surface area contributed by atoms with E-state index >= 15 is 0 Å². The highest BCUT2D eigenvalue weighted by atomic mass is 32.2. The fourth-order valence-corrected chi connectivity index (χ4v) is 2.21. The maximum absolute atomic E-state index is 5.55. The van der Waals surface area contributed by atoms with Crippen LogP contribution in [0.25, 0.3) is 0 Å². The third-order valence-corrected chi connectivity index (χ3v) is 3.31. The largest absolute Gasteiger partial charge is 0.423 e. The van der Waals surface area contributed by atoms with Crippen molar-refractivity contribution in [1.29, 1.82) is 0 Å². The molecule has 0 atom stereocenters. The molecule has 0 saturated carbocycles. The van der Waals surface area contributed by atoms with Gasteiger partial charge in [-0.15, -0.1) is 22.0 Å². The average molecular weight is 263 g/mol. The summed E-state index contributed by atoms with van der Waals surface area (Å²) in [4.78, 5) is 1.21. The molecule has 2 aromatic rings. The SMILES string of the molecule is CCCNCc1nnc(CSc2ccccc2)o1. The second kappa shape index (κ2) is 7.18. The van der Waals surface area contributed by atoms with Crippen LogP contribution in [0, 0.1) is 0 Å². The second-order valence-corrected chi connectivity index (χ2v) is 4.92. The Labute approximate surface area is 111 Å². The second-order valence-electron chi connectivity index (χ2n) is 3.87. The van der Waals surface area contributed by atoms with E-state index in [1.54, 1.807) is 11.8 Å². The fraction of sp³-hybridized carbons (Fsp3) is 0.385. The van der Waals surface area contributed by atoms with Gasteiger partial charge >= 0.3 is 0 Å². The van der Waals surface area contributed by atoms with Crippen molar-refractivity contribution in [2.24, 2.45) is 0 Å². The van der Waals surface area contributed by atoms with Gasteiger partial charge in [0.25, 0.3) is 0 Å². The number of nitrogens with zero attached hydrogens (tertiary/aromatic N) is 2. The number of hydrogen-bond donors (Lipinski definition) is 1. The van der Waals surface area contributed by atoms with Crippen molar-refractivity contribution >= 4 is 11.8 Å². The number of nitrogens with one attached hydrogen (secondary N) is 1. The maximum Gasteiger partial charge on any atom is 0.230 e. The predicted molar refractivity (Wildman–Crippen MR) is 72.3 cm³/mol. The van der Waals surface area contributed by atoms with E-state index in [4.69, 9.17) is 4.42 Å². The Hall–Kier alpha value is -1.33. The van der Waals surface area contributed by atoms with Crippen LogP contribution >= 0.6 is 11.8 Å². The van der Waals surface area contributed by atoms with Crippen molar-refractivity contribution in [3.05, 3.63) is 42.1 Å². The first-order valence-electron chi connectivity index (χ1n) is 6.08. The molecule has 18 heavy (non-hydrogen) atoms. The summed E-state index contributed by atoms with van der Waals surface area (Å²) in [5.74, 6) is 2.05. The standard InChI is InChI=1S/C13H17N3OS/c1-2-8-14-9-12-15-16-13(17-12)10-18-11-6-4-3-5-7-11/h3-7,14H,2,8-10H2,1H3. The molecule has 1 N–H and O–H groups in total. The third-order valence-electron chi connectivity index (χ3n) is 2.32. The van der Waals surface area contributed by atoms with Crippen molar-refractivity contribution in [2.75, 3.05) is 6.54 Å². The molecule has 4 nitrogen and oxygen atoms in total. The summed E-state index contributed by atoms with van der Waals surface area (Å²) in [7, 11) is 0. The van der Waals surface area contributed by atoms with E-state index in [2.05, 4.69) is 34.6 Å². The van der Waals surface area contributed by atoms with E-state index < -0.39 is 0 Å². The molecule has 0 unspecified atom stereocenters. The molecule has 0 aliphatic carbocycles. The van der Waals surface area contributed by atoms with E-state index in [-0.39, 0.29) is 0 Å². The summed E-state index contributed by atoms with van der Waals surface area (Å²) in [6, 6.07) is 10.2. The van der Waals surface area contributed by atoms with E-state index in [1.165, 1.54) is 4.90 Å². The molecule has 0 bridgehead atoms. The van der Waals surface area contributed by atoms with Crippen LogP contribution in [0.5, 0.6) is 0 Å². The molecule has 2 rings (SSSR count). The van der Waals surface area contributed by atoms with Gasteiger partial charge in [0.15, 0.2) is 0 Å². The van der Waals surface area contributed by atoms with Crippen LogP contribution in [-0.4, -0.2) is 16.7 Å². The minimum Gasteiger partial charge on any atom is -0.423 e. The Kier molecular flexibility index (Phi) is 5.23. The van der Waals surface area contributed by atoms with E-state index in [1.807, 2.05) is 18.2 Å². The Morgan fingerprint density at radius 2 is 1.94 bits per heavy atom. The Balaban J connectivity index is 1.80. The Morgan fingerprint density at radius 3 is 2.72 bits per heavy atom. The first kappa shape index (κ1) is 13.1. The predicted octanol–water partition coefficient (Wildman–Crippen LogP) is 2.86. The lowest BCUT2D eigenvalue weighted by Gasteiger charge is -1.98. The van der Waals surface area contributed by atoms with Crippen molar-refractivity contribution in [3.63, 3.8) is 0 Å². The number of thioether (sulfide) groups is 1. The number of hydrogen-bond acceptors (Lipinski definition) is 5. The van der Waals surface area contributed by atoms with Gasteiger partial charge in [-0.25, -0.2) is 0 Å². The van der Waals surface area contributed by atoms with Crippen LogP contribution in [-0.2, 0) is 12.3 Å². The van der Waals surface area contributed by atoms with Gasteiger partial charge in [-0.05, 0) is 25.1 Å². The zero-order valence-electron chi connectivity index (χ0n) is 10.4. The third kappa shape index (κ3) is 4.16. The van der Waals surface area contributed by atoms with Gasteiger partial charge in [0.05, 0.1) is 12.3 Å². The lowest BCUT2D eigenvalue weighted by atomic mass is 10.4. The zero-order chi connectivity index (χ0) is 12.6. The van der Waals surface area contributed by atoms with Crippen molar-refractivity contribution in [3.8, 4) is 0 Å². The van der Waals surface area contributed by atoms with Crippen molar-refractivity contribution in [1.82, 2.24) is 15.5 Å². The molecule has 0 saturated heterocycles. The molecule has 0 aliphatic rings. The number of benzene rings is 1. The molecule has 1 heterocycles. The lowest BCUT2D eigenvalue weighted by Crippen LogP contribution is -2.13. The fourth-order valence-electron chi connectivity index (χ4n) is 1.45. The monoisotopic (exact) mass is 263 g/mol. The summed E-state index contributed by atoms with van der Waals surface area (Å²) >= 11 is 1.70. The molecule has 1 aromatic carbocycles. The Morgan fingerprint density at radius 1 is 1.17 bits per heavy atom. The van der Waals surface area contributed by atoms with E-state index in [0.717, 1.165) is 13.0 Å². The molecular weight excluding hydrogens is 246 g/mol. The van der Waals surface area contributed by atoms with Gasteiger partial charge in [-0.3, -0.25) is 0 Å². The molecular formula is C13H17N3OS. The number of rotatable bonds is 7. The Bertz CT molecular complexity index is 458. The van der Waals surface area contributed by atoms with Crippen LogP contribution in [0.3, 0.4) is 0 Å². The summed E-state index contributed by atoms with van der Waals surface area (Å²) in [6.07, 6.45) is 1.10. The molecule has 96 valence electrons. The van der Waals surface area contributed by atoms with Gasteiger partial charge in [-0.2, -0.15) is 0 Å². The van der Waals surface area contributed by atoms with E-state index in [0.29, 0.717) is 24.1 Å². The summed E-state index contributed by atoms with van der Waals surface area (Å²) in [6.45, 7) is 3.75. The smallest absolute Gasteiger partial charge is 0.230 e. The number of aromatic nitrogens is 2. The summed E-state index contributed by atoms with van der Waals surface area (Å²) in [5, 5.41) is 11.3. The van der Waals surface area contributed by atoms with Gasteiger partial charge in [-0.1, -0.05) is 25.1 Å². The van der Waals surface area contributed by atoms with Gasteiger partial charge < -0.3 is 9.73 Å². The minimum atomic E-state index is 0.650. The highest BCUT2D eigenvalue weighted by molar-refractivity contribution is 7.98. The molecule has 1 aromatic heterocycles. The highest BCUT2D eigenvalue weighted by Crippen LogP contribution is 2.21. The summed E-state index contributed by atoms with van der Waals surface area (Å²) < 4.78 is 5.55. The van der Waals surface area contributed by atoms with Crippen molar-refractivity contribution in [2.45, 2.75) is 30.5 Å². The molecule has 5 heteroatoms.